The first-order chi connectivity index (χ1) is 8.22. The molecule has 0 aliphatic heterocycles. The molecule has 0 radical (unpaired) electrons. The van der Waals surface area contributed by atoms with E-state index in [1.54, 1.807) is 6.07 Å². The fourth-order valence-electron chi connectivity index (χ4n) is 1.82. The topological polar surface area (TPSA) is 43.8 Å². The number of thioether (sulfide) groups is 1. The second-order valence-corrected chi connectivity index (χ2v) is 5.20. The summed E-state index contributed by atoms with van der Waals surface area (Å²) < 4.78 is 15.1. The molecule has 2 aromatic rings. The normalized spacial score (nSPS) is 11.2. The van der Waals surface area contributed by atoms with Gasteiger partial charge in [-0.1, -0.05) is 6.92 Å². The van der Waals surface area contributed by atoms with Crippen molar-refractivity contribution < 1.29 is 4.39 Å². The summed E-state index contributed by atoms with van der Waals surface area (Å²) in [5, 5.41) is 0. The highest BCUT2D eigenvalue weighted by atomic mass is 32.2. The van der Waals surface area contributed by atoms with Crippen LogP contribution in [0.1, 0.15) is 13.3 Å². The Kier molecular flexibility index (Phi) is 3.89. The summed E-state index contributed by atoms with van der Waals surface area (Å²) in [6, 6.07) is 4.57. The minimum atomic E-state index is -0.249. The van der Waals surface area contributed by atoms with Gasteiger partial charge < -0.3 is 10.3 Å². The molecule has 0 amide bonds. The van der Waals surface area contributed by atoms with Gasteiger partial charge in [-0.05, 0) is 36.1 Å². The number of hydrogen-bond acceptors (Lipinski definition) is 3. The second-order valence-electron chi connectivity index (χ2n) is 3.81. The SMILES string of the molecule is CCSCCCn1c(N)nc2ccc(F)cc21. The highest BCUT2D eigenvalue weighted by Crippen LogP contribution is 2.19. The molecule has 0 bridgehead atoms. The predicted molar refractivity (Wildman–Crippen MR) is 71.7 cm³/mol. The van der Waals surface area contributed by atoms with Gasteiger partial charge >= 0.3 is 0 Å². The van der Waals surface area contributed by atoms with Crippen molar-refractivity contribution in [2.45, 2.75) is 19.9 Å². The fourth-order valence-corrected chi connectivity index (χ4v) is 2.44. The van der Waals surface area contributed by atoms with E-state index < -0.39 is 0 Å². The van der Waals surface area contributed by atoms with Gasteiger partial charge in [0.25, 0.3) is 0 Å². The van der Waals surface area contributed by atoms with Crippen LogP contribution in [0.5, 0.6) is 0 Å². The number of anilines is 1. The molecule has 0 saturated carbocycles. The number of nitrogen functional groups attached to an aromatic ring is 1. The molecule has 0 atom stereocenters. The van der Waals surface area contributed by atoms with E-state index in [4.69, 9.17) is 5.73 Å². The molecule has 5 heteroatoms. The Bertz CT molecular complexity index is 510. The Morgan fingerprint density at radius 1 is 1.47 bits per heavy atom. The molecule has 0 saturated heterocycles. The Hall–Kier alpha value is -1.23. The van der Waals surface area contributed by atoms with Gasteiger partial charge in [-0.2, -0.15) is 11.8 Å². The lowest BCUT2D eigenvalue weighted by atomic mass is 10.3. The molecule has 17 heavy (non-hydrogen) atoms. The maximum absolute atomic E-state index is 13.2. The Labute approximate surface area is 104 Å². The van der Waals surface area contributed by atoms with Crippen molar-refractivity contribution in [1.82, 2.24) is 9.55 Å². The third kappa shape index (κ3) is 2.72. The van der Waals surface area contributed by atoms with E-state index in [2.05, 4.69) is 11.9 Å². The van der Waals surface area contributed by atoms with Crippen molar-refractivity contribution in [3.8, 4) is 0 Å². The van der Waals surface area contributed by atoms with Crippen molar-refractivity contribution in [1.29, 1.82) is 0 Å². The van der Waals surface area contributed by atoms with Gasteiger partial charge in [-0.15, -0.1) is 0 Å². The van der Waals surface area contributed by atoms with Crippen LogP contribution in [0.4, 0.5) is 10.3 Å². The second kappa shape index (κ2) is 5.40. The third-order valence-electron chi connectivity index (χ3n) is 2.61. The maximum atomic E-state index is 13.2. The molecule has 0 unspecified atom stereocenters. The molecule has 3 nitrogen and oxygen atoms in total. The molecular formula is C12H16FN3S. The van der Waals surface area contributed by atoms with Crippen molar-refractivity contribution in [3.05, 3.63) is 24.0 Å². The number of aryl methyl sites for hydroxylation is 1. The largest absolute Gasteiger partial charge is 0.369 e. The number of aromatic nitrogens is 2. The number of rotatable bonds is 5. The zero-order valence-corrected chi connectivity index (χ0v) is 10.6. The van der Waals surface area contributed by atoms with Gasteiger partial charge in [0, 0.05) is 6.54 Å². The van der Waals surface area contributed by atoms with Crippen molar-refractivity contribution in [3.63, 3.8) is 0 Å². The first kappa shape index (κ1) is 12.2. The summed E-state index contributed by atoms with van der Waals surface area (Å²) in [5.41, 5.74) is 7.38. The van der Waals surface area contributed by atoms with Crippen LogP contribution in [-0.2, 0) is 6.54 Å². The zero-order chi connectivity index (χ0) is 12.3. The molecule has 1 aromatic heterocycles. The highest BCUT2D eigenvalue weighted by molar-refractivity contribution is 7.99. The van der Waals surface area contributed by atoms with Crippen LogP contribution in [0, 0.1) is 5.82 Å². The van der Waals surface area contributed by atoms with Crippen LogP contribution in [0.3, 0.4) is 0 Å². The van der Waals surface area contributed by atoms with E-state index in [0.717, 1.165) is 35.5 Å². The standard InChI is InChI=1S/C12H16FN3S/c1-2-17-7-3-6-16-11-8-9(13)4-5-10(11)15-12(16)14/h4-5,8H,2-3,6-7H2,1H3,(H2,14,15). The number of nitrogens with two attached hydrogens (primary N) is 1. The van der Waals surface area contributed by atoms with Crippen LogP contribution in [0.15, 0.2) is 18.2 Å². The number of imidazole rings is 1. The van der Waals surface area contributed by atoms with Crippen molar-refractivity contribution in [2.75, 3.05) is 17.2 Å². The summed E-state index contributed by atoms with van der Waals surface area (Å²) in [4.78, 5) is 4.22. The Balaban J connectivity index is 2.20. The summed E-state index contributed by atoms with van der Waals surface area (Å²) in [6.07, 6.45) is 1.02. The highest BCUT2D eigenvalue weighted by Gasteiger charge is 2.08. The maximum Gasteiger partial charge on any atom is 0.201 e. The fraction of sp³-hybridized carbons (Fsp3) is 0.417. The first-order valence-electron chi connectivity index (χ1n) is 5.71. The van der Waals surface area contributed by atoms with Crippen LogP contribution in [-0.4, -0.2) is 21.1 Å². The first-order valence-corrected chi connectivity index (χ1v) is 6.87. The quantitative estimate of drug-likeness (QED) is 0.833. The van der Waals surface area contributed by atoms with E-state index in [9.17, 15) is 4.39 Å². The van der Waals surface area contributed by atoms with E-state index in [1.807, 2.05) is 16.3 Å². The third-order valence-corrected chi connectivity index (χ3v) is 3.60. The van der Waals surface area contributed by atoms with Crippen LogP contribution >= 0.6 is 11.8 Å². The van der Waals surface area contributed by atoms with Gasteiger partial charge in [0.05, 0.1) is 11.0 Å². The summed E-state index contributed by atoms with van der Waals surface area (Å²) >= 11 is 1.90. The lowest BCUT2D eigenvalue weighted by molar-refractivity contribution is 0.627. The van der Waals surface area contributed by atoms with Crippen LogP contribution < -0.4 is 5.73 Å². The van der Waals surface area contributed by atoms with E-state index in [1.165, 1.54) is 12.1 Å². The lowest BCUT2D eigenvalue weighted by Gasteiger charge is -2.05. The Morgan fingerprint density at radius 2 is 2.29 bits per heavy atom. The van der Waals surface area contributed by atoms with E-state index in [-0.39, 0.29) is 5.82 Å². The van der Waals surface area contributed by atoms with E-state index >= 15 is 0 Å². The van der Waals surface area contributed by atoms with Gasteiger partial charge in [0.15, 0.2) is 0 Å². The average molecular weight is 253 g/mol. The molecular weight excluding hydrogens is 237 g/mol. The number of halogens is 1. The molecule has 92 valence electrons. The van der Waals surface area contributed by atoms with Gasteiger partial charge in [0.2, 0.25) is 5.95 Å². The summed E-state index contributed by atoms with van der Waals surface area (Å²) in [5.74, 6) is 2.42. The molecule has 2 rings (SSSR count). The Morgan fingerprint density at radius 3 is 3.06 bits per heavy atom. The summed E-state index contributed by atoms with van der Waals surface area (Å²) in [7, 11) is 0. The molecule has 0 fully saturated rings. The zero-order valence-electron chi connectivity index (χ0n) is 9.82. The average Bonchev–Trinajstić information content (AvgIpc) is 2.61. The molecule has 2 N–H and O–H groups in total. The van der Waals surface area contributed by atoms with Crippen molar-refractivity contribution >= 4 is 28.7 Å². The monoisotopic (exact) mass is 253 g/mol. The molecule has 1 heterocycles. The smallest absolute Gasteiger partial charge is 0.201 e. The molecule has 1 aromatic carbocycles. The molecule has 0 spiro atoms. The number of benzene rings is 1. The minimum absolute atomic E-state index is 0.249. The van der Waals surface area contributed by atoms with Crippen LogP contribution in [0.25, 0.3) is 11.0 Å². The molecule has 0 aliphatic carbocycles. The van der Waals surface area contributed by atoms with Gasteiger partial charge in [-0.3, -0.25) is 0 Å². The van der Waals surface area contributed by atoms with Crippen LogP contribution in [0.2, 0.25) is 0 Å². The summed E-state index contributed by atoms with van der Waals surface area (Å²) in [6.45, 7) is 2.93. The predicted octanol–water partition coefficient (Wildman–Crippen LogP) is 2.90. The van der Waals surface area contributed by atoms with Crippen molar-refractivity contribution in [2.24, 2.45) is 0 Å². The molecule has 0 aliphatic rings. The van der Waals surface area contributed by atoms with E-state index in [0.29, 0.717) is 5.95 Å². The lowest BCUT2D eigenvalue weighted by Crippen LogP contribution is -2.04. The minimum Gasteiger partial charge on any atom is -0.369 e. The van der Waals surface area contributed by atoms with Gasteiger partial charge in [0.1, 0.15) is 5.82 Å². The number of hydrogen-bond donors (Lipinski definition) is 1. The number of nitrogens with zero attached hydrogens (tertiary/aromatic N) is 2. The number of fused-ring (bicyclic) bond motifs is 1. The van der Waals surface area contributed by atoms with Gasteiger partial charge in [-0.25, -0.2) is 9.37 Å².